The molecule has 0 spiro atoms. The average molecular weight is 293 g/mol. The Bertz CT molecular complexity index is 409. The Morgan fingerprint density at radius 3 is 2.52 bits per heavy atom. The van der Waals surface area contributed by atoms with E-state index >= 15 is 0 Å². The highest BCUT2D eigenvalue weighted by molar-refractivity contribution is 5.12. The molecule has 1 aromatic heterocycles. The van der Waals surface area contributed by atoms with Gasteiger partial charge in [0.2, 0.25) is 0 Å². The Balaban J connectivity index is 2.78. The monoisotopic (exact) mass is 293 g/mol. The topological polar surface area (TPSA) is 29.9 Å². The zero-order chi connectivity index (χ0) is 15.9. The van der Waals surface area contributed by atoms with Gasteiger partial charge in [-0.05, 0) is 50.1 Å². The molecule has 1 heterocycles. The summed E-state index contributed by atoms with van der Waals surface area (Å²) in [5, 5.41) is 8.36. The summed E-state index contributed by atoms with van der Waals surface area (Å²) in [4.78, 5) is 0. The minimum atomic E-state index is 0.321. The third kappa shape index (κ3) is 5.82. The van der Waals surface area contributed by atoms with Crippen molar-refractivity contribution in [2.45, 2.75) is 73.8 Å². The molecule has 122 valence electrons. The number of aryl methyl sites for hydroxylation is 2. The fourth-order valence-corrected chi connectivity index (χ4v) is 3.05. The number of hydrogen-bond acceptors (Lipinski definition) is 2. The Labute approximate surface area is 131 Å². The maximum Gasteiger partial charge on any atom is 0.0624 e. The Hall–Kier alpha value is -0.830. The normalized spacial score (nSPS) is 14.6. The van der Waals surface area contributed by atoms with Crippen LogP contribution in [-0.4, -0.2) is 22.9 Å². The third-order valence-corrected chi connectivity index (χ3v) is 4.14. The highest BCUT2D eigenvalue weighted by Crippen LogP contribution is 2.28. The van der Waals surface area contributed by atoms with Gasteiger partial charge in [0, 0.05) is 18.8 Å². The van der Waals surface area contributed by atoms with E-state index in [0.29, 0.717) is 11.3 Å². The second kappa shape index (κ2) is 8.57. The lowest BCUT2D eigenvalue weighted by atomic mass is 9.80. The number of nitrogens with zero attached hydrogens (tertiary/aromatic N) is 2. The highest BCUT2D eigenvalue weighted by Gasteiger charge is 2.25. The van der Waals surface area contributed by atoms with Gasteiger partial charge in [-0.25, -0.2) is 0 Å². The van der Waals surface area contributed by atoms with E-state index in [1.807, 2.05) is 0 Å². The van der Waals surface area contributed by atoms with Crippen LogP contribution in [0, 0.1) is 11.3 Å². The molecule has 0 aliphatic carbocycles. The Morgan fingerprint density at radius 1 is 1.29 bits per heavy atom. The Kier molecular flexibility index (Phi) is 7.44. The van der Waals surface area contributed by atoms with Crippen LogP contribution in [0.15, 0.2) is 6.07 Å². The summed E-state index contributed by atoms with van der Waals surface area (Å²) in [6.07, 6.45) is 4.64. The van der Waals surface area contributed by atoms with Gasteiger partial charge in [0.15, 0.2) is 0 Å². The summed E-state index contributed by atoms with van der Waals surface area (Å²) in [5.41, 5.74) is 2.94. The van der Waals surface area contributed by atoms with E-state index in [9.17, 15) is 0 Å². The van der Waals surface area contributed by atoms with Crippen molar-refractivity contribution >= 4 is 0 Å². The molecule has 0 amide bonds. The molecule has 0 saturated heterocycles. The molecule has 0 fully saturated rings. The van der Waals surface area contributed by atoms with Crippen LogP contribution in [-0.2, 0) is 19.4 Å². The molecular formula is C18H35N3. The minimum absolute atomic E-state index is 0.321. The zero-order valence-corrected chi connectivity index (χ0v) is 15.0. The average Bonchev–Trinajstić information content (AvgIpc) is 2.80. The van der Waals surface area contributed by atoms with Crippen LogP contribution in [0.5, 0.6) is 0 Å². The summed E-state index contributed by atoms with van der Waals surface area (Å²) in [6, 6.07) is 2.31. The van der Waals surface area contributed by atoms with Crippen molar-refractivity contribution in [3.8, 4) is 0 Å². The van der Waals surface area contributed by atoms with Crippen molar-refractivity contribution in [1.82, 2.24) is 15.1 Å². The molecule has 1 aromatic rings. The lowest BCUT2D eigenvalue weighted by molar-refractivity contribution is 0.264. The van der Waals surface area contributed by atoms with Crippen molar-refractivity contribution in [1.29, 1.82) is 0 Å². The third-order valence-electron chi connectivity index (χ3n) is 4.14. The molecule has 0 bridgehead atoms. The summed E-state index contributed by atoms with van der Waals surface area (Å²) in [5.74, 6) is 0.712. The molecule has 0 aromatic carbocycles. The number of rotatable bonds is 10. The van der Waals surface area contributed by atoms with E-state index in [0.717, 1.165) is 32.5 Å². The maximum absolute atomic E-state index is 4.70. The molecule has 1 N–H and O–H groups in total. The van der Waals surface area contributed by atoms with Crippen LogP contribution in [0.2, 0.25) is 0 Å². The van der Waals surface area contributed by atoms with Gasteiger partial charge in [0.25, 0.3) is 0 Å². The molecule has 1 atom stereocenters. The van der Waals surface area contributed by atoms with Gasteiger partial charge in [0.05, 0.1) is 5.69 Å². The Morgan fingerprint density at radius 2 is 2.00 bits per heavy atom. The molecule has 0 radical (unpaired) electrons. The zero-order valence-electron chi connectivity index (χ0n) is 15.0. The minimum Gasteiger partial charge on any atom is -0.316 e. The SMILES string of the molecule is CCCC(C)(CNCC(C)C)Cc1cc(CC)nn1CC. The van der Waals surface area contributed by atoms with Gasteiger partial charge in [-0.3, -0.25) is 4.68 Å². The van der Waals surface area contributed by atoms with Crippen LogP contribution in [0.1, 0.15) is 65.8 Å². The first-order chi connectivity index (χ1) is 9.94. The first-order valence-electron chi connectivity index (χ1n) is 8.70. The summed E-state index contributed by atoms with van der Waals surface area (Å²) in [7, 11) is 0. The van der Waals surface area contributed by atoms with Crippen LogP contribution >= 0.6 is 0 Å². The summed E-state index contributed by atoms with van der Waals surface area (Å²) in [6.45, 7) is 16.8. The van der Waals surface area contributed by atoms with Crippen LogP contribution in [0.25, 0.3) is 0 Å². The lowest BCUT2D eigenvalue weighted by Crippen LogP contribution is -2.36. The molecule has 1 unspecified atom stereocenters. The lowest BCUT2D eigenvalue weighted by Gasteiger charge is -2.30. The molecule has 1 rings (SSSR count). The largest absolute Gasteiger partial charge is 0.316 e. The molecule has 3 nitrogen and oxygen atoms in total. The van der Waals surface area contributed by atoms with E-state index < -0.39 is 0 Å². The molecule has 3 heteroatoms. The van der Waals surface area contributed by atoms with Gasteiger partial charge < -0.3 is 5.32 Å². The molecule has 0 aliphatic rings. The van der Waals surface area contributed by atoms with Crippen molar-refractivity contribution < 1.29 is 0 Å². The first kappa shape index (κ1) is 18.2. The van der Waals surface area contributed by atoms with E-state index in [4.69, 9.17) is 5.10 Å². The first-order valence-corrected chi connectivity index (χ1v) is 8.70. The van der Waals surface area contributed by atoms with Gasteiger partial charge in [-0.2, -0.15) is 5.10 Å². The smallest absolute Gasteiger partial charge is 0.0624 e. The molecule has 0 saturated carbocycles. The second-order valence-electron chi connectivity index (χ2n) is 7.06. The van der Waals surface area contributed by atoms with E-state index in [2.05, 4.69) is 57.6 Å². The maximum atomic E-state index is 4.70. The summed E-state index contributed by atoms with van der Waals surface area (Å²) >= 11 is 0. The van der Waals surface area contributed by atoms with Crippen molar-refractivity contribution in [3.05, 3.63) is 17.5 Å². The standard InChI is InChI=1S/C18H35N3/c1-7-10-18(6,14-19-13-15(4)5)12-17-11-16(8-2)20-21(17)9-3/h11,15,19H,7-10,12-14H2,1-6H3. The quantitative estimate of drug-likeness (QED) is 0.705. The van der Waals surface area contributed by atoms with Gasteiger partial charge >= 0.3 is 0 Å². The van der Waals surface area contributed by atoms with Gasteiger partial charge in [-0.15, -0.1) is 0 Å². The van der Waals surface area contributed by atoms with Crippen LogP contribution in [0.3, 0.4) is 0 Å². The van der Waals surface area contributed by atoms with Gasteiger partial charge in [-0.1, -0.05) is 41.0 Å². The van der Waals surface area contributed by atoms with Gasteiger partial charge in [0.1, 0.15) is 0 Å². The number of nitrogens with one attached hydrogen (secondary N) is 1. The number of hydrogen-bond donors (Lipinski definition) is 1. The summed E-state index contributed by atoms with van der Waals surface area (Å²) < 4.78 is 2.19. The highest BCUT2D eigenvalue weighted by atomic mass is 15.3. The predicted octanol–water partition coefficient (Wildman–Crippen LogP) is 4.06. The number of aromatic nitrogens is 2. The van der Waals surface area contributed by atoms with Crippen LogP contribution < -0.4 is 5.32 Å². The predicted molar refractivity (Wildman–Crippen MR) is 91.7 cm³/mol. The van der Waals surface area contributed by atoms with E-state index in [1.54, 1.807) is 0 Å². The van der Waals surface area contributed by atoms with E-state index in [-0.39, 0.29) is 0 Å². The fraction of sp³-hybridized carbons (Fsp3) is 0.833. The molecular weight excluding hydrogens is 258 g/mol. The second-order valence-corrected chi connectivity index (χ2v) is 7.06. The molecule has 0 aliphatic heterocycles. The van der Waals surface area contributed by atoms with Crippen molar-refractivity contribution in [3.63, 3.8) is 0 Å². The fourth-order valence-electron chi connectivity index (χ4n) is 3.05. The molecule has 21 heavy (non-hydrogen) atoms. The van der Waals surface area contributed by atoms with Crippen molar-refractivity contribution in [2.24, 2.45) is 11.3 Å². The van der Waals surface area contributed by atoms with Crippen molar-refractivity contribution in [2.75, 3.05) is 13.1 Å². The van der Waals surface area contributed by atoms with Crippen LogP contribution in [0.4, 0.5) is 0 Å². The van der Waals surface area contributed by atoms with E-state index in [1.165, 1.54) is 24.2 Å².